The molecule has 0 atom stereocenters. The molecule has 1 aliphatic rings. The van der Waals surface area contributed by atoms with Crippen molar-refractivity contribution in [1.29, 1.82) is 0 Å². The molecule has 1 N–H and O–H groups in total. The molecule has 1 heterocycles. The smallest absolute Gasteiger partial charge is 0.227 e. The molecule has 1 aromatic rings. The quantitative estimate of drug-likeness (QED) is 0.767. The van der Waals surface area contributed by atoms with E-state index in [4.69, 9.17) is 9.47 Å². The van der Waals surface area contributed by atoms with Crippen LogP contribution in [0.4, 0.5) is 0 Å². The van der Waals surface area contributed by atoms with Gasteiger partial charge in [-0.3, -0.25) is 4.79 Å². The summed E-state index contributed by atoms with van der Waals surface area (Å²) in [6.45, 7) is 8.44. The first-order valence-electron chi connectivity index (χ1n) is 8.22. The summed E-state index contributed by atoms with van der Waals surface area (Å²) < 4.78 is 12.1. The van der Waals surface area contributed by atoms with Crippen LogP contribution < -0.4 is 14.8 Å². The van der Waals surface area contributed by atoms with Gasteiger partial charge >= 0.3 is 0 Å². The van der Waals surface area contributed by atoms with Crippen LogP contribution in [0.2, 0.25) is 0 Å². The van der Waals surface area contributed by atoms with E-state index >= 15 is 0 Å². The molecule has 0 radical (unpaired) electrons. The molecule has 136 valence electrons. The van der Waals surface area contributed by atoms with Crippen molar-refractivity contribution in [2.75, 3.05) is 39.4 Å². The van der Waals surface area contributed by atoms with Crippen molar-refractivity contribution in [2.45, 2.75) is 26.7 Å². The van der Waals surface area contributed by atoms with Crippen LogP contribution in [0.25, 0.3) is 0 Å². The molecule has 24 heavy (non-hydrogen) atoms. The van der Waals surface area contributed by atoms with Crippen LogP contribution >= 0.6 is 28.3 Å². The Balaban J connectivity index is 0.00000288. The average Bonchev–Trinajstić information content (AvgIpc) is 2.81. The largest absolute Gasteiger partial charge is 0.490 e. The van der Waals surface area contributed by atoms with Crippen molar-refractivity contribution < 1.29 is 14.3 Å². The Bertz CT molecular complexity index is 535. The Labute approximate surface area is 158 Å². The van der Waals surface area contributed by atoms with Gasteiger partial charge in [0, 0.05) is 24.1 Å². The number of benzene rings is 1. The third kappa shape index (κ3) is 5.83. The van der Waals surface area contributed by atoms with Gasteiger partial charge in [-0.15, -0.1) is 12.4 Å². The third-order valence-electron chi connectivity index (χ3n) is 3.75. The van der Waals surface area contributed by atoms with E-state index in [1.54, 1.807) is 0 Å². The number of nitrogens with one attached hydrogen (secondary N) is 1. The molecule has 0 spiro atoms. The van der Waals surface area contributed by atoms with E-state index in [1.807, 2.05) is 30.9 Å². The van der Waals surface area contributed by atoms with E-state index in [9.17, 15) is 4.79 Å². The summed E-state index contributed by atoms with van der Waals surface area (Å²) in [6, 6.07) is 3.80. The van der Waals surface area contributed by atoms with Gasteiger partial charge in [-0.1, -0.05) is 15.9 Å². The van der Waals surface area contributed by atoms with E-state index in [0.717, 1.165) is 42.6 Å². The Morgan fingerprint density at radius 2 is 1.83 bits per heavy atom. The normalized spacial score (nSPS) is 14.5. The summed E-state index contributed by atoms with van der Waals surface area (Å²) in [5, 5.41) is 3.32. The Morgan fingerprint density at radius 1 is 1.17 bits per heavy atom. The van der Waals surface area contributed by atoms with Gasteiger partial charge in [0.25, 0.3) is 0 Å². The number of hydrogen-bond donors (Lipinski definition) is 1. The standard InChI is InChI=1S/C17H25BrN2O3.ClH/c1-3-22-15-10-13(14(18)12-16(15)23-4-2)11-17(21)20-8-5-6-19-7-9-20;/h10,12,19H,3-9,11H2,1-2H3;1H. The zero-order valence-electron chi connectivity index (χ0n) is 14.3. The second kappa shape index (κ2) is 10.8. The molecule has 1 fully saturated rings. The minimum absolute atomic E-state index is 0. The monoisotopic (exact) mass is 420 g/mol. The Morgan fingerprint density at radius 3 is 2.50 bits per heavy atom. The molecule has 2 rings (SSSR count). The van der Waals surface area contributed by atoms with Crippen molar-refractivity contribution in [3.63, 3.8) is 0 Å². The zero-order valence-corrected chi connectivity index (χ0v) is 16.7. The van der Waals surface area contributed by atoms with Gasteiger partial charge in [-0.05, 0) is 44.5 Å². The van der Waals surface area contributed by atoms with Crippen LogP contribution in [0.1, 0.15) is 25.8 Å². The number of nitrogens with zero attached hydrogens (tertiary/aromatic N) is 1. The van der Waals surface area contributed by atoms with Gasteiger partial charge in [0.2, 0.25) is 5.91 Å². The summed E-state index contributed by atoms with van der Waals surface area (Å²) >= 11 is 3.55. The highest BCUT2D eigenvalue weighted by molar-refractivity contribution is 9.10. The van der Waals surface area contributed by atoms with E-state index in [0.29, 0.717) is 31.1 Å². The van der Waals surface area contributed by atoms with E-state index in [2.05, 4.69) is 21.2 Å². The SMILES string of the molecule is CCOc1cc(Br)c(CC(=O)N2CCCNCC2)cc1OCC.Cl. The van der Waals surface area contributed by atoms with Crippen LogP contribution in [0.3, 0.4) is 0 Å². The lowest BCUT2D eigenvalue weighted by atomic mass is 10.1. The van der Waals surface area contributed by atoms with Crippen LogP contribution in [0.5, 0.6) is 11.5 Å². The highest BCUT2D eigenvalue weighted by atomic mass is 79.9. The Kier molecular flexibility index (Phi) is 9.48. The fraction of sp³-hybridized carbons (Fsp3) is 0.588. The van der Waals surface area contributed by atoms with Gasteiger partial charge in [0.15, 0.2) is 11.5 Å². The minimum Gasteiger partial charge on any atom is -0.490 e. The molecule has 5 nitrogen and oxygen atoms in total. The van der Waals surface area contributed by atoms with Crippen LogP contribution in [-0.4, -0.2) is 50.2 Å². The predicted molar refractivity (Wildman–Crippen MR) is 101 cm³/mol. The molecule has 7 heteroatoms. The molecule has 1 saturated heterocycles. The van der Waals surface area contributed by atoms with E-state index in [-0.39, 0.29) is 18.3 Å². The molecule has 0 aromatic heterocycles. The number of carbonyl (C=O) groups is 1. The lowest BCUT2D eigenvalue weighted by molar-refractivity contribution is -0.130. The highest BCUT2D eigenvalue weighted by Crippen LogP contribution is 2.34. The molecule has 0 saturated carbocycles. The summed E-state index contributed by atoms with van der Waals surface area (Å²) in [7, 11) is 0. The van der Waals surface area contributed by atoms with Gasteiger partial charge < -0.3 is 19.7 Å². The van der Waals surface area contributed by atoms with Crippen LogP contribution in [0.15, 0.2) is 16.6 Å². The van der Waals surface area contributed by atoms with Gasteiger partial charge in [0.05, 0.1) is 19.6 Å². The van der Waals surface area contributed by atoms with E-state index in [1.165, 1.54) is 0 Å². The maximum absolute atomic E-state index is 12.6. The summed E-state index contributed by atoms with van der Waals surface area (Å²) in [5.74, 6) is 1.55. The van der Waals surface area contributed by atoms with Crippen molar-refractivity contribution in [2.24, 2.45) is 0 Å². The van der Waals surface area contributed by atoms with Crippen molar-refractivity contribution >= 4 is 34.2 Å². The molecule has 1 aromatic carbocycles. The van der Waals surface area contributed by atoms with E-state index < -0.39 is 0 Å². The topological polar surface area (TPSA) is 50.8 Å². The third-order valence-corrected chi connectivity index (χ3v) is 4.49. The molecule has 1 aliphatic heterocycles. The van der Waals surface area contributed by atoms with Crippen molar-refractivity contribution in [3.8, 4) is 11.5 Å². The molecular formula is C17H26BrClN2O3. The summed E-state index contributed by atoms with van der Waals surface area (Å²) in [5.41, 5.74) is 0.930. The number of halogens is 2. The second-order valence-electron chi connectivity index (χ2n) is 5.42. The number of hydrogen-bond acceptors (Lipinski definition) is 4. The molecular weight excluding hydrogens is 396 g/mol. The van der Waals surface area contributed by atoms with Gasteiger partial charge in [-0.25, -0.2) is 0 Å². The first-order chi connectivity index (χ1) is 11.2. The molecule has 0 unspecified atom stereocenters. The predicted octanol–water partition coefficient (Wildman–Crippen LogP) is 3.03. The van der Waals surface area contributed by atoms with Crippen molar-refractivity contribution in [1.82, 2.24) is 10.2 Å². The maximum atomic E-state index is 12.6. The summed E-state index contributed by atoms with van der Waals surface area (Å²) in [4.78, 5) is 14.5. The molecule has 1 amide bonds. The lowest BCUT2D eigenvalue weighted by Gasteiger charge is -2.21. The zero-order chi connectivity index (χ0) is 16.7. The fourth-order valence-corrected chi connectivity index (χ4v) is 3.08. The van der Waals surface area contributed by atoms with Crippen LogP contribution in [-0.2, 0) is 11.2 Å². The number of carbonyl (C=O) groups excluding carboxylic acids is 1. The average molecular weight is 422 g/mol. The van der Waals surface area contributed by atoms with Crippen LogP contribution in [0, 0.1) is 0 Å². The minimum atomic E-state index is 0. The summed E-state index contributed by atoms with van der Waals surface area (Å²) in [6.07, 6.45) is 1.37. The molecule has 0 bridgehead atoms. The number of rotatable bonds is 6. The van der Waals surface area contributed by atoms with Gasteiger partial charge in [-0.2, -0.15) is 0 Å². The fourth-order valence-electron chi connectivity index (χ4n) is 2.62. The first kappa shape index (κ1) is 21.1. The lowest BCUT2D eigenvalue weighted by Crippen LogP contribution is -2.35. The maximum Gasteiger partial charge on any atom is 0.227 e. The highest BCUT2D eigenvalue weighted by Gasteiger charge is 2.18. The molecule has 0 aliphatic carbocycles. The van der Waals surface area contributed by atoms with Crippen molar-refractivity contribution in [3.05, 3.63) is 22.2 Å². The first-order valence-corrected chi connectivity index (χ1v) is 9.01. The van der Waals surface area contributed by atoms with Gasteiger partial charge in [0.1, 0.15) is 0 Å². The number of amides is 1. The number of ether oxygens (including phenoxy) is 2. The second-order valence-corrected chi connectivity index (χ2v) is 6.27. The Hall–Kier alpha value is -0.980.